The van der Waals surface area contributed by atoms with E-state index in [9.17, 15) is 19.2 Å². The first-order chi connectivity index (χ1) is 23.2. The van der Waals surface area contributed by atoms with E-state index in [4.69, 9.17) is 15.2 Å². The Morgan fingerprint density at radius 1 is 0.708 bits per heavy atom. The van der Waals surface area contributed by atoms with Crippen LogP contribution in [-0.2, 0) is 22.4 Å². The summed E-state index contributed by atoms with van der Waals surface area (Å²) in [6.45, 7) is 4.26. The smallest absolute Gasteiger partial charge is 0.343 e. The van der Waals surface area contributed by atoms with E-state index >= 15 is 0 Å². The van der Waals surface area contributed by atoms with Crippen molar-refractivity contribution < 1.29 is 28.7 Å². The highest BCUT2D eigenvalue weighted by Crippen LogP contribution is 2.19. The quantitative estimate of drug-likeness (QED) is 0.0487. The van der Waals surface area contributed by atoms with Gasteiger partial charge in [-0.3, -0.25) is 14.4 Å². The maximum atomic E-state index is 13.0. The van der Waals surface area contributed by atoms with Crippen LogP contribution < -0.4 is 25.8 Å². The van der Waals surface area contributed by atoms with Crippen molar-refractivity contribution >= 4 is 34.9 Å². The first-order valence-electron chi connectivity index (χ1n) is 16.3. The molecule has 0 radical (unpaired) electrons. The number of amides is 2. The van der Waals surface area contributed by atoms with Crippen LogP contribution in [0.1, 0.15) is 77.8 Å². The van der Waals surface area contributed by atoms with Gasteiger partial charge in [-0.15, -0.1) is 0 Å². The van der Waals surface area contributed by atoms with Crippen LogP contribution in [0.5, 0.6) is 11.5 Å². The third-order valence-electron chi connectivity index (χ3n) is 7.75. The average molecular weight is 650 g/mol. The number of unbranched alkanes of at least 4 members (excludes halogenated alkanes) is 4. The number of nitrogen functional groups attached to an aromatic ring is 1. The Morgan fingerprint density at radius 2 is 1.31 bits per heavy atom. The largest absolute Gasteiger partial charge is 0.494 e. The fourth-order valence-electron chi connectivity index (χ4n) is 4.95. The molecule has 0 saturated heterocycles. The van der Waals surface area contributed by atoms with Crippen LogP contribution in [0.4, 0.5) is 11.4 Å². The number of Topliss-reactive ketones (excluding diaryl/α,β-unsaturated/α-hetero) is 1. The standard InChI is InChI=1S/C39H43N3O6/c1-3-4-5-6-7-24-47-34-22-14-31(15-23-34)39(46)48-35-20-10-28(11-21-35)25-36(27(2)43)42-38(45)30-12-18-33(19-13-30)41-37(44)26-29-8-16-32(40)17-9-29/h8-23,36H,3-7,24-26,40H2,1-2H3,(H,41,44)(H,42,45)/t36-/m0/s1. The van der Waals surface area contributed by atoms with Crippen LogP contribution in [0, 0.1) is 0 Å². The predicted octanol–water partition coefficient (Wildman–Crippen LogP) is 6.95. The molecule has 0 heterocycles. The monoisotopic (exact) mass is 649 g/mol. The Balaban J connectivity index is 1.24. The van der Waals surface area contributed by atoms with E-state index in [2.05, 4.69) is 17.6 Å². The third kappa shape index (κ3) is 11.4. The molecule has 0 aliphatic carbocycles. The Hall–Kier alpha value is -5.44. The van der Waals surface area contributed by atoms with Gasteiger partial charge in [0.05, 0.1) is 24.6 Å². The molecule has 0 bridgehead atoms. The van der Waals surface area contributed by atoms with Crippen molar-refractivity contribution in [3.63, 3.8) is 0 Å². The number of carbonyl (C=O) groups excluding carboxylic acids is 4. The highest BCUT2D eigenvalue weighted by atomic mass is 16.5. The Morgan fingerprint density at radius 3 is 1.96 bits per heavy atom. The zero-order valence-electron chi connectivity index (χ0n) is 27.5. The van der Waals surface area contributed by atoms with Crippen molar-refractivity contribution in [2.45, 2.75) is 64.8 Å². The molecule has 9 nitrogen and oxygen atoms in total. The average Bonchev–Trinajstić information content (AvgIpc) is 3.08. The molecular weight excluding hydrogens is 606 g/mol. The maximum Gasteiger partial charge on any atom is 0.343 e. The summed E-state index contributed by atoms with van der Waals surface area (Å²) in [6, 6.07) is 26.5. The van der Waals surface area contributed by atoms with E-state index in [0.717, 1.165) is 24.0 Å². The molecule has 0 spiro atoms. The summed E-state index contributed by atoms with van der Waals surface area (Å²) in [6.07, 6.45) is 6.26. The number of nitrogens with two attached hydrogens (primary N) is 1. The zero-order chi connectivity index (χ0) is 34.3. The predicted molar refractivity (Wildman–Crippen MR) is 187 cm³/mol. The van der Waals surface area contributed by atoms with Gasteiger partial charge in [0, 0.05) is 16.9 Å². The molecule has 4 N–H and O–H groups in total. The van der Waals surface area contributed by atoms with Crippen LogP contribution in [0.2, 0.25) is 0 Å². The number of hydrogen-bond acceptors (Lipinski definition) is 7. The normalized spacial score (nSPS) is 11.3. The number of nitrogens with one attached hydrogen (secondary N) is 2. The van der Waals surface area contributed by atoms with Gasteiger partial charge in [-0.25, -0.2) is 4.79 Å². The van der Waals surface area contributed by atoms with E-state index < -0.39 is 17.9 Å². The SMILES string of the molecule is CCCCCCCOc1ccc(C(=O)Oc2ccc(C[C@H](NC(=O)c3ccc(NC(=O)Cc4ccc(N)cc4)cc3)C(C)=O)cc2)cc1. The summed E-state index contributed by atoms with van der Waals surface area (Å²) >= 11 is 0. The molecule has 2 amide bonds. The second-order valence-electron chi connectivity index (χ2n) is 11.7. The van der Waals surface area contributed by atoms with Gasteiger partial charge in [0.1, 0.15) is 11.5 Å². The molecule has 250 valence electrons. The molecule has 0 aliphatic rings. The van der Waals surface area contributed by atoms with Crippen LogP contribution in [0.25, 0.3) is 0 Å². The summed E-state index contributed by atoms with van der Waals surface area (Å²) in [5.74, 6) is -0.226. The lowest BCUT2D eigenvalue weighted by Crippen LogP contribution is -2.41. The second-order valence-corrected chi connectivity index (χ2v) is 11.7. The summed E-state index contributed by atoms with van der Waals surface area (Å²) in [4.78, 5) is 50.4. The Bertz CT molecular complexity index is 1650. The van der Waals surface area contributed by atoms with Crippen molar-refractivity contribution in [2.75, 3.05) is 17.7 Å². The van der Waals surface area contributed by atoms with Gasteiger partial charge in [0.25, 0.3) is 5.91 Å². The molecule has 0 aromatic heterocycles. The summed E-state index contributed by atoms with van der Waals surface area (Å²) in [5.41, 5.74) is 9.24. The van der Waals surface area contributed by atoms with Crippen molar-refractivity contribution in [2.24, 2.45) is 0 Å². The Labute approximate surface area is 281 Å². The van der Waals surface area contributed by atoms with Crippen LogP contribution in [0.3, 0.4) is 0 Å². The molecule has 4 rings (SSSR count). The number of ketones is 1. The highest BCUT2D eigenvalue weighted by Gasteiger charge is 2.19. The topological polar surface area (TPSA) is 137 Å². The molecular formula is C39H43N3O6. The highest BCUT2D eigenvalue weighted by molar-refractivity contribution is 5.98. The van der Waals surface area contributed by atoms with E-state index in [-0.39, 0.29) is 24.5 Å². The first kappa shape index (κ1) is 35.4. The minimum atomic E-state index is -0.762. The van der Waals surface area contributed by atoms with Gasteiger partial charge in [0.2, 0.25) is 5.91 Å². The molecule has 0 unspecified atom stereocenters. The van der Waals surface area contributed by atoms with Crippen molar-refractivity contribution in [3.8, 4) is 11.5 Å². The fourth-order valence-corrected chi connectivity index (χ4v) is 4.95. The van der Waals surface area contributed by atoms with Gasteiger partial charge < -0.3 is 25.8 Å². The zero-order valence-corrected chi connectivity index (χ0v) is 27.5. The molecule has 0 aliphatic heterocycles. The molecule has 0 fully saturated rings. The molecule has 9 heteroatoms. The summed E-state index contributed by atoms with van der Waals surface area (Å²) < 4.78 is 11.3. The van der Waals surface area contributed by atoms with E-state index in [1.165, 1.54) is 26.2 Å². The van der Waals surface area contributed by atoms with Crippen LogP contribution >= 0.6 is 0 Å². The van der Waals surface area contributed by atoms with Crippen molar-refractivity contribution in [3.05, 3.63) is 119 Å². The molecule has 0 saturated carbocycles. The Kier molecular flexibility index (Phi) is 13.3. The van der Waals surface area contributed by atoms with Crippen molar-refractivity contribution in [1.29, 1.82) is 0 Å². The maximum absolute atomic E-state index is 13.0. The van der Waals surface area contributed by atoms with Crippen LogP contribution in [0.15, 0.2) is 97.1 Å². The van der Waals surface area contributed by atoms with Gasteiger partial charge in [-0.2, -0.15) is 0 Å². The molecule has 4 aromatic carbocycles. The second kappa shape index (κ2) is 18.0. The van der Waals surface area contributed by atoms with E-state index in [0.29, 0.717) is 40.6 Å². The summed E-state index contributed by atoms with van der Waals surface area (Å²) in [5, 5.41) is 5.60. The first-order valence-corrected chi connectivity index (χ1v) is 16.3. The van der Waals surface area contributed by atoms with Gasteiger partial charge >= 0.3 is 5.97 Å². The fraction of sp³-hybridized carbons (Fsp3) is 0.282. The van der Waals surface area contributed by atoms with Crippen molar-refractivity contribution in [1.82, 2.24) is 5.32 Å². The number of ether oxygens (including phenoxy) is 2. The van der Waals surface area contributed by atoms with Gasteiger partial charge in [0.15, 0.2) is 5.78 Å². The number of rotatable bonds is 17. The van der Waals surface area contributed by atoms with Gasteiger partial charge in [-0.1, -0.05) is 56.9 Å². The van der Waals surface area contributed by atoms with Crippen LogP contribution in [-0.4, -0.2) is 36.2 Å². The lowest BCUT2D eigenvalue weighted by molar-refractivity contribution is -0.119. The minimum Gasteiger partial charge on any atom is -0.494 e. The van der Waals surface area contributed by atoms with E-state index in [1.54, 1.807) is 97.1 Å². The molecule has 48 heavy (non-hydrogen) atoms. The van der Waals surface area contributed by atoms with E-state index in [1.807, 2.05) is 0 Å². The summed E-state index contributed by atoms with van der Waals surface area (Å²) in [7, 11) is 0. The molecule has 1 atom stereocenters. The number of esters is 1. The number of carbonyl (C=O) groups is 4. The number of benzene rings is 4. The number of anilines is 2. The van der Waals surface area contributed by atoms with Gasteiger partial charge in [-0.05, 0) is 104 Å². The lowest BCUT2D eigenvalue weighted by Gasteiger charge is -2.17. The third-order valence-corrected chi connectivity index (χ3v) is 7.75. The molecule has 4 aromatic rings. The number of hydrogen-bond donors (Lipinski definition) is 3. The lowest BCUT2D eigenvalue weighted by atomic mass is 10.0. The minimum absolute atomic E-state index is 0.190.